The minimum absolute atomic E-state index is 0.0266. The second kappa shape index (κ2) is 8.74. The van der Waals surface area contributed by atoms with E-state index >= 15 is 0 Å². The van der Waals surface area contributed by atoms with Crippen molar-refractivity contribution in [3.63, 3.8) is 0 Å². The van der Waals surface area contributed by atoms with E-state index in [1.54, 1.807) is 12.1 Å². The molecule has 0 spiro atoms. The fourth-order valence-electron chi connectivity index (χ4n) is 2.69. The van der Waals surface area contributed by atoms with Gasteiger partial charge in [0, 0.05) is 35.1 Å². The van der Waals surface area contributed by atoms with E-state index in [-0.39, 0.29) is 12.3 Å². The van der Waals surface area contributed by atoms with Crippen LogP contribution in [0.1, 0.15) is 0 Å². The zero-order valence-corrected chi connectivity index (χ0v) is 14.9. The Bertz CT molecular complexity index is 1120. The monoisotopic (exact) mass is 377 g/mol. The number of hydrogen-bond acceptors (Lipinski definition) is 7. The van der Waals surface area contributed by atoms with Gasteiger partial charge >= 0.3 is 0 Å². The number of nitro groups is 1. The van der Waals surface area contributed by atoms with Crippen LogP contribution in [0.5, 0.6) is 0 Å². The van der Waals surface area contributed by atoms with Crippen LogP contribution in [0.3, 0.4) is 0 Å². The van der Waals surface area contributed by atoms with Crippen molar-refractivity contribution in [3.05, 3.63) is 77.0 Å². The smallest absolute Gasteiger partial charge is 0.288 e. The number of nitrogens with one attached hydrogen (secondary N) is 1. The second-order valence-corrected chi connectivity index (χ2v) is 5.91. The molecule has 4 aromatic rings. The van der Waals surface area contributed by atoms with E-state index in [1.165, 1.54) is 12.3 Å². The first-order valence-corrected chi connectivity index (χ1v) is 8.57. The Morgan fingerprint density at radius 3 is 2.54 bits per heavy atom. The van der Waals surface area contributed by atoms with Crippen LogP contribution in [0.4, 0.5) is 17.2 Å². The average Bonchev–Trinajstić information content (AvgIpc) is 2.72. The number of anilines is 2. The van der Waals surface area contributed by atoms with E-state index in [1.807, 2.05) is 42.5 Å². The summed E-state index contributed by atoms with van der Waals surface area (Å²) in [5.74, 6) is 0.481. The number of nitrogens with zero attached hydrogens (tertiary/aromatic N) is 3. The third-order valence-corrected chi connectivity index (χ3v) is 3.95. The maximum absolute atomic E-state index is 10.4. The summed E-state index contributed by atoms with van der Waals surface area (Å²) in [6.07, 6.45) is 1.27. The molecule has 0 fully saturated rings. The van der Waals surface area contributed by atoms with Gasteiger partial charge in [-0.3, -0.25) is 10.1 Å². The molecule has 0 unspecified atom stereocenters. The summed E-state index contributed by atoms with van der Waals surface area (Å²) in [5.41, 5.74) is 8.25. The molecule has 0 saturated heterocycles. The van der Waals surface area contributed by atoms with Gasteiger partial charge in [0.15, 0.2) is 0 Å². The van der Waals surface area contributed by atoms with Crippen LogP contribution in [0, 0.1) is 10.1 Å². The standard InChI is InChI=1S/C11H13N3O.C9H6N2O2/c12-11-7-10(13-5-6-15)8-3-1-2-4-9(8)14-11;12-11(13)8-5-7-3-1-2-4-9(7)10-6-8/h1-4,7,15H,5-6H2,(H3,12,13,14);1-6H. The Labute approximate surface area is 160 Å². The van der Waals surface area contributed by atoms with Crippen LogP contribution in [-0.2, 0) is 0 Å². The summed E-state index contributed by atoms with van der Waals surface area (Å²) in [5, 5.41) is 24.1. The molecule has 2 heterocycles. The first kappa shape index (κ1) is 19.0. The fraction of sp³-hybridized carbons (Fsp3) is 0.100. The third-order valence-electron chi connectivity index (χ3n) is 3.95. The van der Waals surface area contributed by atoms with Crippen LogP contribution in [0.25, 0.3) is 21.8 Å². The normalized spacial score (nSPS) is 10.3. The van der Waals surface area contributed by atoms with Gasteiger partial charge in [0.1, 0.15) is 12.0 Å². The number of hydrogen-bond donors (Lipinski definition) is 3. The van der Waals surface area contributed by atoms with Gasteiger partial charge in [-0.2, -0.15) is 0 Å². The maximum Gasteiger partial charge on any atom is 0.288 e. The molecular weight excluding hydrogens is 358 g/mol. The van der Waals surface area contributed by atoms with Crippen molar-refractivity contribution in [3.8, 4) is 0 Å². The first-order valence-electron chi connectivity index (χ1n) is 8.57. The average molecular weight is 377 g/mol. The summed E-state index contributed by atoms with van der Waals surface area (Å²) in [4.78, 5) is 18.1. The van der Waals surface area contributed by atoms with Crippen molar-refractivity contribution in [1.29, 1.82) is 0 Å². The number of nitrogen functional groups attached to an aromatic ring is 1. The Kier molecular flexibility index (Phi) is 5.93. The van der Waals surface area contributed by atoms with E-state index in [0.717, 1.165) is 27.5 Å². The molecule has 142 valence electrons. The van der Waals surface area contributed by atoms with Crippen molar-refractivity contribution >= 4 is 39.0 Å². The van der Waals surface area contributed by atoms with E-state index in [9.17, 15) is 10.1 Å². The number of nitrogens with two attached hydrogens (primary N) is 1. The number of para-hydroxylation sites is 2. The highest BCUT2D eigenvalue weighted by atomic mass is 16.6. The summed E-state index contributed by atoms with van der Waals surface area (Å²) in [6.45, 7) is 0.601. The molecular formula is C20H19N5O3. The van der Waals surface area contributed by atoms with Gasteiger partial charge in [-0.05, 0) is 12.1 Å². The van der Waals surface area contributed by atoms with Crippen molar-refractivity contribution < 1.29 is 10.0 Å². The van der Waals surface area contributed by atoms with Crippen LogP contribution in [0.15, 0.2) is 66.9 Å². The van der Waals surface area contributed by atoms with Crippen LogP contribution in [-0.4, -0.2) is 33.1 Å². The van der Waals surface area contributed by atoms with Gasteiger partial charge in [0.25, 0.3) is 5.69 Å². The zero-order valence-electron chi connectivity index (χ0n) is 14.9. The lowest BCUT2D eigenvalue weighted by Gasteiger charge is -2.08. The lowest BCUT2D eigenvalue weighted by Crippen LogP contribution is -2.06. The number of aliphatic hydroxyl groups is 1. The first-order chi connectivity index (χ1) is 13.6. The maximum atomic E-state index is 10.4. The lowest BCUT2D eigenvalue weighted by molar-refractivity contribution is -0.385. The molecule has 0 aliphatic heterocycles. The van der Waals surface area contributed by atoms with E-state index in [4.69, 9.17) is 10.8 Å². The quantitative estimate of drug-likeness (QED) is 0.367. The van der Waals surface area contributed by atoms with E-state index in [0.29, 0.717) is 12.4 Å². The van der Waals surface area contributed by atoms with E-state index in [2.05, 4.69) is 15.3 Å². The molecule has 0 saturated carbocycles. The number of pyridine rings is 2. The molecule has 4 rings (SSSR count). The van der Waals surface area contributed by atoms with Gasteiger partial charge in [-0.25, -0.2) is 9.97 Å². The lowest BCUT2D eigenvalue weighted by atomic mass is 10.2. The molecule has 4 N–H and O–H groups in total. The van der Waals surface area contributed by atoms with Crippen LogP contribution < -0.4 is 11.1 Å². The van der Waals surface area contributed by atoms with Crippen molar-refractivity contribution in [2.75, 3.05) is 24.2 Å². The molecule has 8 nitrogen and oxygen atoms in total. The minimum Gasteiger partial charge on any atom is -0.395 e. The number of rotatable bonds is 4. The van der Waals surface area contributed by atoms with E-state index < -0.39 is 4.92 Å². The summed E-state index contributed by atoms with van der Waals surface area (Å²) >= 11 is 0. The molecule has 0 aliphatic carbocycles. The summed E-state index contributed by atoms with van der Waals surface area (Å²) < 4.78 is 0. The third kappa shape index (κ3) is 4.49. The van der Waals surface area contributed by atoms with Crippen molar-refractivity contribution in [2.45, 2.75) is 0 Å². The highest BCUT2D eigenvalue weighted by molar-refractivity contribution is 5.92. The number of aromatic nitrogens is 2. The van der Waals surface area contributed by atoms with Crippen LogP contribution in [0.2, 0.25) is 0 Å². The number of fused-ring (bicyclic) bond motifs is 2. The van der Waals surface area contributed by atoms with Crippen molar-refractivity contribution in [1.82, 2.24) is 9.97 Å². The van der Waals surface area contributed by atoms with Gasteiger partial charge in [0.2, 0.25) is 0 Å². The van der Waals surface area contributed by atoms with Crippen LogP contribution >= 0.6 is 0 Å². The van der Waals surface area contributed by atoms with Crippen molar-refractivity contribution in [2.24, 2.45) is 0 Å². The molecule has 0 bridgehead atoms. The predicted molar refractivity (Wildman–Crippen MR) is 110 cm³/mol. The SMILES string of the molecule is Nc1cc(NCCO)c2ccccc2n1.O=[N+]([O-])c1cnc2ccccc2c1. The largest absolute Gasteiger partial charge is 0.395 e. The molecule has 0 radical (unpaired) electrons. The topological polar surface area (TPSA) is 127 Å². The zero-order chi connectivity index (χ0) is 19.9. The Balaban J connectivity index is 0.000000162. The molecule has 8 heteroatoms. The summed E-state index contributed by atoms with van der Waals surface area (Å²) in [6, 6.07) is 18.3. The molecule has 0 aliphatic rings. The highest BCUT2D eigenvalue weighted by Crippen LogP contribution is 2.23. The molecule has 0 amide bonds. The Morgan fingerprint density at radius 1 is 1.07 bits per heavy atom. The highest BCUT2D eigenvalue weighted by Gasteiger charge is 2.05. The Hall–Kier alpha value is -3.78. The molecule has 2 aromatic carbocycles. The predicted octanol–water partition coefficient (Wildman–Crippen LogP) is 3.36. The molecule has 0 atom stereocenters. The molecule has 2 aromatic heterocycles. The number of aliphatic hydroxyl groups excluding tert-OH is 1. The summed E-state index contributed by atoms with van der Waals surface area (Å²) in [7, 11) is 0. The van der Waals surface area contributed by atoms with Gasteiger partial charge < -0.3 is 16.2 Å². The van der Waals surface area contributed by atoms with Gasteiger partial charge in [-0.15, -0.1) is 0 Å². The second-order valence-electron chi connectivity index (χ2n) is 5.91. The molecule has 28 heavy (non-hydrogen) atoms. The fourth-order valence-corrected chi connectivity index (χ4v) is 2.69. The minimum atomic E-state index is -0.445. The van der Waals surface area contributed by atoms with Gasteiger partial charge in [-0.1, -0.05) is 36.4 Å². The Morgan fingerprint density at radius 2 is 1.79 bits per heavy atom. The number of benzene rings is 2. The van der Waals surface area contributed by atoms with Gasteiger partial charge in [0.05, 0.1) is 22.6 Å².